The van der Waals surface area contributed by atoms with E-state index >= 15 is 0 Å². The molecule has 2 aromatic heterocycles. The Morgan fingerprint density at radius 3 is 1.97 bits per heavy atom. The smallest absolute Gasteiger partial charge is 0.329 e. The number of carboxylic acids is 2. The van der Waals surface area contributed by atoms with Crippen LogP contribution >= 0.6 is 0 Å². The number of nitrogens with zero attached hydrogens (tertiary/aromatic N) is 5. The number of imidazole rings is 2. The number of carboxylic acid groups (broad SMARTS) is 2. The highest BCUT2D eigenvalue weighted by Crippen LogP contribution is 2.03. The van der Waals surface area contributed by atoms with Gasteiger partial charge in [-0.15, -0.1) is 0 Å². The summed E-state index contributed by atoms with van der Waals surface area (Å²) in [5.74, 6) is -0.719. The molecule has 0 spiro atoms. The maximum absolute atomic E-state index is 10.9. The van der Waals surface area contributed by atoms with E-state index in [9.17, 15) is 9.59 Å². The SMILES string of the molecule is C.C.COOC=N[C@@H](Cc1nccn1C)C(=O)O.Cn1ccnc1C[C@H](N)C(=O)O. The Morgan fingerprint density at radius 2 is 1.60 bits per heavy atom. The van der Waals surface area contributed by atoms with Gasteiger partial charge >= 0.3 is 11.9 Å². The van der Waals surface area contributed by atoms with Crippen LogP contribution in [-0.2, 0) is 46.3 Å². The van der Waals surface area contributed by atoms with Crippen LogP contribution in [0.25, 0.3) is 0 Å². The molecule has 2 rings (SSSR count). The molecule has 2 atom stereocenters. The highest BCUT2D eigenvalue weighted by Gasteiger charge is 2.18. The Bertz CT molecular complexity index is 788. The van der Waals surface area contributed by atoms with E-state index in [-0.39, 0.29) is 27.7 Å². The molecule has 0 amide bonds. The Labute approximate surface area is 175 Å². The van der Waals surface area contributed by atoms with Gasteiger partial charge < -0.3 is 30.0 Å². The zero-order chi connectivity index (χ0) is 21.1. The number of aromatic nitrogens is 4. The van der Waals surface area contributed by atoms with Gasteiger partial charge in [-0.25, -0.2) is 19.8 Å². The van der Waals surface area contributed by atoms with Crippen molar-refractivity contribution in [2.45, 2.75) is 39.8 Å². The van der Waals surface area contributed by atoms with Crippen molar-refractivity contribution in [3.05, 3.63) is 36.4 Å². The Balaban J connectivity index is 0. The topological polar surface area (TPSA) is 167 Å². The normalized spacial score (nSPS) is 12.0. The number of hydrogen-bond acceptors (Lipinski definition) is 8. The van der Waals surface area contributed by atoms with E-state index in [4.69, 9.17) is 15.9 Å². The fraction of sp³-hybridized carbons (Fsp3) is 0.500. The second kappa shape index (κ2) is 14.7. The van der Waals surface area contributed by atoms with E-state index < -0.39 is 24.0 Å². The lowest BCUT2D eigenvalue weighted by Crippen LogP contribution is -2.33. The quantitative estimate of drug-likeness (QED) is 0.225. The third kappa shape index (κ3) is 9.80. The zero-order valence-corrected chi connectivity index (χ0v) is 15.8. The van der Waals surface area contributed by atoms with Crippen LogP contribution in [0.1, 0.15) is 26.5 Å². The van der Waals surface area contributed by atoms with Gasteiger partial charge in [-0.2, -0.15) is 4.89 Å². The van der Waals surface area contributed by atoms with Gasteiger partial charge in [0.15, 0.2) is 6.04 Å². The number of rotatable bonds is 9. The standard InChI is InChI=1S/C9H13N3O4.C7H11N3O2.2CH4/c1-12-4-3-10-8(12)5-7(9(13)14)11-6-16-15-2;1-10-3-2-9-6(10)4-5(8)7(11)12;;/h3-4,6-7H,5H2,1-2H3,(H,13,14);2-3,5H,4,8H2,1H3,(H,11,12);2*1H4/t7-;5-;;/m00../s1. The fourth-order valence-electron chi connectivity index (χ4n) is 1.99. The highest BCUT2D eigenvalue weighted by atomic mass is 17.2. The summed E-state index contributed by atoms with van der Waals surface area (Å²) in [5, 5.41) is 17.4. The van der Waals surface area contributed by atoms with E-state index in [1.165, 1.54) is 7.11 Å². The minimum absolute atomic E-state index is 0. The number of hydrogen-bond donors (Lipinski definition) is 3. The Morgan fingerprint density at radius 1 is 1.10 bits per heavy atom. The first-order valence-electron chi connectivity index (χ1n) is 8.11. The number of carbonyl (C=O) groups is 2. The van der Waals surface area contributed by atoms with E-state index in [0.717, 1.165) is 6.40 Å². The first-order valence-corrected chi connectivity index (χ1v) is 8.11. The number of aliphatic carboxylic acids is 2. The molecular formula is C18H32N6O6. The molecule has 0 saturated carbocycles. The number of aryl methyl sites for hydroxylation is 2. The van der Waals surface area contributed by atoms with E-state index in [0.29, 0.717) is 11.6 Å². The number of aliphatic imine (C=N–C) groups is 1. The highest BCUT2D eigenvalue weighted by molar-refractivity contribution is 5.75. The lowest BCUT2D eigenvalue weighted by molar-refractivity contribution is -0.188. The Kier molecular flexibility index (Phi) is 14.2. The lowest BCUT2D eigenvalue weighted by atomic mass is 10.2. The van der Waals surface area contributed by atoms with Crippen LogP contribution < -0.4 is 5.73 Å². The van der Waals surface area contributed by atoms with E-state index in [2.05, 4.69) is 24.7 Å². The molecule has 0 aliphatic heterocycles. The summed E-state index contributed by atoms with van der Waals surface area (Å²) in [5.41, 5.74) is 5.32. The van der Waals surface area contributed by atoms with E-state index in [1.807, 2.05) is 0 Å². The summed E-state index contributed by atoms with van der Waals surface area (Å²) in [7, 11) is 4.90. The first-order chi connectivity index (χ1) is 13.3. The van der Waals surface area contributed by atoms with E-state index in [1.54, 1.807) is 48.0 Å². The summed E-state index contributed by atoms with van der Waals surface area (Å²) >= 11 is 0. The molecule has 0 bridgehead atoms. The molecule has 0 fully saturated rings. The maximum atomic E-state index is 10.9. The zero-order valence-electron chi connectivity index (χ0n) is 15.8. The van der Waals surface area contributed by atoms with Crippen LogP contribution in [0.15, 0.2) is 29.8 Å². The molecule has 0 saturated heterocycles. The van der Waals surface area contributed by atoms with Crippen molar-refractivity contribution in [1.82, 2.24) is 19.1 Å². The first kappa shape index (κ1) is 29.0. The molecular weight excluding hydrogens is 396 g/mol. The molecule has 0 aliphatic rings. The van der Waals surface area contributed by atoms with Crippen molar-refractivity contribution in [3.8, 4) is 0 Å². The average Bonchev–Trinajstić information content (AvgIpc) is 3.23. The third-order valence-corrected chi connectivity index (χ3v) is 3.60. The van der Waals surface area contributed by atoms with Crippen LogP contribution in [0.3, 0.4) is 0 Å². The molecule has 170 valence electrons. The molecule has 30 heavy (non-hydrogen) atoms. The van der Waals surface area contributed by atoms with Gasteiger partial charge in [-0.3, -0.25) is 4.79 Å². The predicted molar refractivity (Wildman–Crippen MR) is 111 cm³/mol. The minimum atomic E-state index is -1.04. The summed E-state index contributed by atoms with van der Waals surface area (Å²) < 4.78 is 3.49. The molecule has 0 aliphatic carbocycles. The third-order valence-electron chi connectivity index (χ3n) is 3.60. The van der Waals surface area contributed by atoms with Gasteiger partial charge in [0.2, 0.25) is 6.40 Å². The van der Waals surface area contributed by atoms with Crippen molar-refractivity contribution < 1.29 is 29.6 Å². The lowest BCUT2D eigenvalue weighted by Gasteiger charge is -2.06. The molecule has 12 nitrogen and oxygen atoms in total. The van der Waals surface area contributed by atoms with Gasteiger partial charge in [0.25, 0.3) is 0 Å². The van der Waals surface area contributed by atoms with Crippen LogP contribution in [0.5, 0.6) is 0 Å². The van der Waals surface area contributed by atoms with Crippen LogP contribution in [0.2, 0.25) is 0 Å². The van der Waals surface area contributed by atoms with Crippen molar-refractivity contribution in [1.29, 1.82) is 0 Å². The van der Waals surface area contributed by atoms with Crippen LogP contribution in [-0.4, -0.2) is 66.8 Å². The minimum Gasteiger partial charge on any atom is -0.480 e. The van der Waals surface area contributed by atoms with Crippen LogP contribution in [0, 0.1) is 0 Å². The van der Waals surface area contributed by atoms with Crippen LogP contribution in [0.4, 0.5) is 0 Å². The molecule has 0 radical (unpaired) electrons. The van der Waals surface area contributed by atoms with Gasteiger partial charge in [-0.1, -0.05) is 14.9 Å². The second-order valence-corrected chi connectivity index (χ2v) is 5.63. The monoisotopic (exact) mass is 428 g/mol. The number of nitrogens with two attached hydrogens (primary N) is 1. The maximum Gasteiger partial charge on any atom is 0.329 e. The molecule has 0 unspecified atom stereocenters. The summed E-state index contributed by atoms with van der Waals surface area (Å²) in [4.78, 5) is 41.6. The Hall–Kier alpha value is -3.25. The average molecular weight is 428 g/mol. The van der Waals surface area contributed by atoms with Crippen molar-refractivity contribution in [2.75, 3.05) is 7.11 Å². The molecule has 4 N–H and O–H groups in total. The largest absolute Gasteiger partial charge is 0.480 e. The van der Waals surface area contributed by atoms with Crippen molar-refractivity contribution in [3.63, 3.8) is 0 Å². The summed E-state index contributed by atoms with van der Waals surface area (Å²) in [6.07, 6.45) is 8.13. The molecule has 2 aromatic rings. The van der Waals surface area contributed by atoms with Gasteiger partial charge in [0.05, 0.1) is 7.11 Å². The predicted octanol–water partition coefficient (Wildman–Crippen LogP) is 0.669. The van der Waals surface area contributed by atoms with Gasteiger partial charge in [0, 0.05) is 51.7 Å². The van der Waals surface area contributed by atoms with Gasteiger partial charge in [-0.05, 0) is 0 Å². The van der Waals surface area contributed by atoms with Crippen molar-refractivity contribution >= 4 is 18.3 Å². The molecule has 2 heterocycles. The van der Waals surface area contributed by atoms with Crippen molar-refractivity contribution in [2.24, 2.45) is 24.8 Å². The second-order valence-electron chi connectivity index (χ2n) is 5.63. The fourth-order valence-corrected chi connectivity index (χ4v) is 1.99. The molecule has 0 aromatic carbocycles. The van der Waals surface area contributed by atoms with Gasteiger partial charge in [0.1, 0.15) is 17.7 Å². The summed E-state index contributed by atoms with van der Waals surface area (Å²) in [6.45, 7) is 0. The summed E-state index contributed by atoms with van der Waals surface area (Å²) in [6, 6.07) is -1.80. The molecule has 12 heteroatoms.